The van der Waals surface area contributed by atoms with Crippen molar-refractivity contribution in [1.82, 2.24) is 10.6 Å². The Morgan fingerprint density at radius 1 is 1.65 bits per heavy atom. The Hall–Kier alpha value is -1.10. The minimum atomic E-state index is -0.0806. The standard InChI is InChI=1S/C12H22N2O3/c1-9(8-15)3-2-6-13-12(17)10-4-5-11(16)14-7-10/h9-10,15H,2-8H2,1H3,(H,13,17)(H,14,16). The van der Waals surface area contributed by atoms with Crippen molar-refractivity contribution in [3.63, 3.8) is 0 Å². The van der Waals surface area contributed by atoms with Crippen molar-refractivity contribution in [3.05, 3.63) is 0 Å². The van der Waals surface area contributed by atoms with Gasteiger partial charge in [0.2, 0.25) is 11.8 Å². The van der Waals surface area contributed by atoms with E-state index in [1.54, 1.807) is 0 Å². The number of rotatable bonds is 6. The molecule has 0 bridgehead atoms. The lowest BCUT2D eigenvalue weighted by atomic mass is 9.98. The van der Waals surface area contributed by atoms with Gasteiger partial charge in [0.1, 0.15) is 0 Å². The van der Waals surface area contributed by atoms with Crippen LogP contribution in [0.2, 0.25) is 0 Å². The maximum absolute atomic E-state index is 11.7. The molecule has 5 nitrogen and oxygen atoms in total. The van der Waals surface area contributed by atoms with Crippen LogP contribution in [0.5, 0.6) is 0 Å². The molecule has 1 heterocycles. The Morgan fingerprint density at radius 3 is 3.00 bits per heavy atom. The minimum Gasteiger partial charge on any atom is -0.396 e. The summed E-state index contributed by atoms with van der Waals surface area (Å²) < 4.78 is 0. The van der Waals surface area contributed by atoms with Crippen molar-refractivity contribution in [3.8, 4) is 0 Å². The van der Waals surface area contributed by atoms with Crippen LogP contribution in [0.1, 0.15) is 32.6 Å². The van der Waals surface area contributed by atoms with Gasteiger partial charge in [0.15, 0.2) is 0 Å². The molecule has 3 N–H and O–H groups in total. The highest BCUT2D eigenvalue weighted by Crippen LogP contribution is 2.10. The quantitative estimate of drug-likeness (QED) is 0.575. The minimum absolute atomic E-state index is 0.0293. The lowest BCUT2D eigenvalue weighted by molar-refractivity contribution is -0.128. The van der Waals surface area contributed by atoms with Crippen LogP contribution in [0.4, 0.5) is 0 Å². The van der Waals surface area contributed by atoms with Crippen LogP contribution in [-0.2, 0) is 9.59 Å². The van der Waals surface area contributed by atoms with E-state index in [1.807, 2.05) is 6.92 Å². The molecule has 0 aliphatic carbocycles. The first-order valence-electron chi connectivity index (χ1n) is 6.28. The largest absolute Gasteiger partial charge is 0.396 e. The summed E-state index contributed by atoms with van der Waals surface area (Å²) in [5.41, 5.74) is 0. The van der Waals surface area contributed by atoms with Crippen LogP contribution in [-0.4, -0.2) is 36.6 Å². The molecular formula is C12H22N2O3. The molecule has 17 heavy (non-hydrogen) atoms. The number of hydrogen-bond acceptors (Lipinski definition) is 3. The first-order chi connectivity index (χ1) is 8.13. The molecule has 1 fully saturated rings. The Balaban J connectivity index is 2.10. The van der Waals surface area contributed by atoms with E-state index in [0.717, 1.165) is 12.8 Å². The number of piperidine rings is 1. The SMILES string of the molecule is CC(CO)CCCNC(=O)C1CCC(=O)NC1. The van der Waals surface area contributed by atoms with Crippen molar-refractivity contribution in [2.75, 3.05) is 19.7 Å². The van der Waals surface area contributed by atoms with Crippen LogP contribution in [0, 0.1) is 11.8 Å². The second kappa shape index (κ2) is 7.27. The van der Waals surface area contributed by atoms with Gasteiger partial charge in [0.25, 0.3) is 0 Å². The van der Waals surface area contributed by atoms with E-state index in [2.05, 4.69) is 10.6 Å². The lowest BCUT2D eigenvalue weighted by Crippen LogP contribution is -2.43. The van der Waals surface area contributed by atoms with Crippen LogP contribution < -0.4 is 10.6 Å². The summed E-state index contributed by atoms with van der Waals surface area (Å²) in [6, 6.07) is 0. The Kier molecular flexibility index (Phi) is 5.97. The molecule has 0 aromatic rings. The topological polar surface area (TPSA) is 78.4 Å². The Morgan fingerprint density at radius 2 is 2.41 bits per heavy atom. The summed E-state index contributed by atoms with van der Waals surface area (Å²) in [5.74, 6) is 0.274. The smallest absolute Gasteiger partial charge is 0.224 e. The number of nitrogens with one attached hydrogen (secondary N) is 2. The van der Waals surface area contributed by atoms with Gasteiger partial charge in [0.05, 0.1) is 5.92 Å². The van der Waals surface area contributed by atoms with Gasteiger partial charge < -0.3 is 15.7 Å². The maximum atomic E-state index is 11.7. The normalized spacial score (nSPS) is 21.8. The monoisotopic (exact) mass is 242 g/mol. The molecule has 2 unspecified atom stereocenters. The highest BCUT2D eigenvalue weighted by atomic mass is 16.3. The third kappa shape index (κ3) is 5.17. The first-order valence-corrected chi connectivity index (χ1v) is 6.28. The van der Waals surface area contributed by atoms with Crippen molar-refractivity contribution in [1.29, 1.82) is 0 Å². The highest BCUT2D eigenvalue weighted by Gasteiger charge is 2.23. The van der Waals surface area contributed by atoms with Crippen LogP contribution in [0.25, 0.3) is 0 Å². The summed E-state index contributed by atoms with van der Waals surface area (Å²) in [5, 5.41) is 14.4. The molecule has 1 aliphatic heterocycles. The van der Waals surface area contributed by atoms with E-state index < -0.39 is 0 Å². The second-order valence-electron chi connectivity index (χ2n) is 4.76. The van der Waals surface area contributed by atoms with Crippen molar-refractivity contribution >= 4 is 11.8 Å². The zero-order valence-corrected chi connectivity index (χ0v) is 10.4. The summed E-state index contributed by atoms with van der Waals surface area (Å²) in [7, 11) is 0. The molecule has 0 saturated carbocycles. The van der Waals surface area contributed by atoms with Crippen molar-refractivity contribution < 1.29 is 14.7 Å². The van der Waals surface area contributed by atoms with Crippen LogP contribution >= 0.6 is 0 Å². The second-order valence-corrected chi connectivity index (χ2v) is 4.76. The number of aliphatic hydroxyl groups is 1. The van der Waals surface area contributed by atoms with Crippen LogP contribution in [0.15, 0.2) is 0 Å². The van der Waals surface area contributed by atoms with E-state index in [9.17, 15) is 9.59 Å². The fourth-order valence-electron chi connectivity index (χ4n) is 1.85. The number of carbonyl (C=O) groups is 2. The molecule has 2 amide bonds. The summed E-state index contributed by atoms with van der Waals surface area (Å²) in [4.78, 5) is 22.6. The molecule has 1 aliphatic rings. The molecule has 0 aromatic heterocycles. The van der Waals surface area contributed by atoms with Crippen molar-refractivity contribution in [2.45, 2.75) is 32.6 Å². The van der Waals surface area contributed by atoms with Gasteiger partial charge in [0, 0.05) is 26.1 Å². The van der Waals surface area contributed by atoms with Gasteiger partial charge in [-0.25, -0.2) is 0 Å². The van der Waals surface area contributed by atoms with Gasteiger partial charge in [-0.15, -0.1) is 0 Å². The summed E-state index contributed by atoms with van der Waals surface area (Å²) >= 11 is 0. The van der Waals surface area contributed by atoms with E-state index in [0.29, 0.717) is 31.8 Å². The first kappa shape index (κ1) is 14.0. The highest BCUT2D eigenvalue weighted by molar-refractivity contribution is 5.83. The fraction of sp³-hybridized carbons (Fsp3) is 0.833. The summed E-state index contributed by atoms with van der Waals surface area (Å²) in [6.07, 6.45) is 2.88. The number of aliphatic hydroxyl groups excluding tert-OH is 1. The molecule has 0 aromatic carbocycles. The fourth-order valence-corrected chi connectivity index (χ4v) is 1.85. The van der Waals surface area contributed by atoms with Crippen molar-refractivity contribution in [2.24, 2.45) is 11.8 Å². The lowest BCUT2D eigenvalue weighted by Gasteiger charge is -2.21. The zero-order chi connectivity index (χ0) is 12.7. The predicted octanol–water partition coefficient (Wildman–Crippen LogP) is 0.0374. The number of hydrogen-bond donors (Lipinski definition) is 3. The van der Waals surface area contributed by atoms with E-state index >= 15 is 0 Å². The van der Waals surface area contributed by atoms with E-state index in [1.165, 1.54) is 0 Å². The van der Waals surface area contributed by atoms with Gasteiger partial charge >= 0.3 is 0 Å². The average Bonchev–Trinajstić information content (AvgIpc) is 2.34. The Labute approximate surface area is 102 Å². The number of carbonyl (C=O) groups excluding carboxylic acids is 2. The molecule has 5 heteroatoms. The molecule has 0 radical (unpaired) electrons. The molecule has 1 rings (SSSR count). The average molecular weight is 242 g/mol. The maximum Gasteiger partial charge on any atom is 0.224 e. The zero-order valence-electron chi connectivity index (χ0n) is 10.4. The summed E-state index contributed by atoms with van der Waals surface area (Å²) in [6.45, 7) is 3.28. The third-order valence-electron chi connectivity index (χ3n) is 3.12. The van der Waals surface area contributed by atoms with Gasteiger partial charge in [-0.2, -0.15) is 0 Å². The molecular weight excluding hydrogens is 220 g/mol. The Bertz CT molecular complexity index is 258. The van der Waals surface area contributed by atoms with Gasteiger partial charge in [-0.1, -0.05) is 6.92 Å². The molecule has 0 spiro atoms. The predicted molar refractivity (Wildman–Crippen MR) is 64.2 cm³/mol. The molecule has 2 atom stereocenters. The van der Waals surface area contributed by atoms with Gasteiger partial charge in [-0.3, -0.25) is 9.59 Å². The third-order valence-corrected chi connectivity index (χ3v) is 3.12. The number of amides is 2. The molecule has 1 saturated heterocycles. The van der Waals surface area contributed by atoms with Crippen LogP contribution in [0.3, 0.4) is 0 Å². The van der Waals surface area contributed by atoms with E-state index in [-0.39, 0.29) is 24.3 Å². The van der Waals surface area contributed by atoms with Gasteiger partial charge in [-0.05, 0) is 25.2 Å². The van der Waals surface area contributed by atoms with E-state index in [4.69, 9.17) is 5.11 Å². The molecule has 98 valence electrons.